The molecule has 152 valence electrons. The summed E-state index contributed by atoms with van der Waals surface area (Å²) >= 11 is 0. The Morgan fingerprint density at radius 2 is 1.77 bits per heavy atom. The Hall–Kier alpha value is -4.00. The maximum Gasteiger partial charge on any atom is 0.411 e. The van der Waals surface area contributed by atoms with Crippen molar-refractivity contribution in [3.8, 4) is 5.75 Å². The van der Waals surface area contributed by atoms with Crippen LogP contribution in [0.2, 0.25) is 0 Å². The number of fused-ring (bicyclic) bond motifs is 3. The molecular formula is C23H20N2O5. The van der Waals surface area contributed by atoms with Gasteiger partial charge >= 0.3 is 6.09 Å². The van der Waals surface area contributed by atoms with Crippen molar-refractivity contribution >= 4 is 45.3 Å². The zero-order valence-corrected chi connectivity index (χ0v) is 16.5. The van der Waals surface area contributed by atoms with Crippen LogP contribution in [0.15, 0.2) is 65.1 Å². The summed E-state index contributed by atoms with van der Waals surface area (Å²) in [5.74, 6) is 0.166. The average molecular weight is 404 g/mol. The van der Waals surface area contributed by atoms with E-state index >= 15 is 0 Å². The molecule has 2 N–H and O–H groups in total. The Balaban J connectivity index is 1.62. The zero-order chi connectivity index (χ0) is 21.1. The molecule has 0 atom stereocenters. The lowest BCUT2D eigenvalue weighted by Gasteiger charge is -2.11. The standard InChI is InChI=1S/C23H20N2O5/c1-3-29-23(27)24-15-8-6-7-14(11-15)22(26)25-18-13-20-17(12-21(18)28-2)16-9-4-5-10-19(16)30-20/h4-13H,3H2,1-2H3,(H,24,27)(H,25,26). The van der Waals surface area contributed by atoms with Gasteiger partial charge in [-0.15, -0.1) is 0 Å². The number of ether oxygens (including phenoxy) is 2. The smallest absolute Gasteiger partial charge is 0.411 e. The molecule has 0 saturated heterocycles. The van der Waals surface area contributed by atoms with Crippen LogP contribution in [0, 0.1) is 0 Å². The van der Waals surface area contributed by atoms with Crippen molar-refractivity contribution in [3.05, 3.63) is 66.2 Å². The number of carbonyl (C=O) groups excluding carboxylic acids is 2. The van der Waals surface area contributed by atoms with Crippen LogP contribution in [-0.2, 0) is 4.74 Å². The zero-order valence-electron chi connectivity index (χ0n) is 16.5. The van der Waals surface area contributed by atoms with Gasteiger partial charge in [0.25, 0.3) is 5.91 Å². The molecule has 4 rings (SSSR count). The first kappa shape index (κ1) is 19.3. The third-order valence-electron chi connectivity index (χ3n) is 4.59. The van der Waals surface area contributed by atoms with Gasteiger partial charge in [0.15, 0.2) is 0 Å². The van der Waals surface area contributed by atoms with Crippen LogP contribution in [-0.4, -0.2) is 25.7 Å². The number of anilines is 2. The minimum absolute atomic E-state index is 0.260. The normalized spacial score (nSPS) is 10.7. The highest BCUT2D eigenvalue weighted by Gasteiger charge is 2.15. The van der Waals surface area contributed by atoms with Crippen LogP contribution in [0.5, 0.6) is 5.75 Å². The average Bonchev–Trinajstić information content (AvgIpc) is 3.10. The second-order valence-electron chi connectivity index (χ2n) is 6.53. The Kier molecular flexibility index (Phi) is 5.26. The maximum atomic E-state index is 12.8. The number of para-hydroxylation sites is 1. The molecule has 0 bridgehead atoms. The van der Waals surface area contributed by atoms with Crippen LogP contribution in [0.3, 0.4) is 0 Å². The Bertz CT molecular complexity index is 1250. The van der Waals surface area contributed by atoms with Crippen molar-refractivity contribution in [1.82, 2.24) is 0 Å². The van der Waals surface area contributed by atoms with E-state index in [9.17, 15) is 9.59 Å². The van der Waals surface area contributed by atoms with E-state index in [0.717, 1.165) is 16.4 Å². The number of nitrogens with one attached hydrogen (secondary N) is 2. The van der Waals surface area contributed by atoms with E-state index < -0.39 is 6.09 Å². The summed E-state index contributed by atoms with van der Waals surface area (Å²) in [6.45, 7) is 1.98. The van der Waals surface area contributed by atoms with E-state index in [1.807, 2.05) is 30.3 Å². The second-order valence-corrected chi connectivity index (χ2v) is 6.53. The Morgan fingerprint density at radius 1 is 0.933 bits per heavy atom. The molecular weight excluding hydrogens is 384 g/mol. The number of furan rings is 1. The summed E-state index contributed by atoms with van der Waals surface area (Å²) in [6.07, 6.45) is -0.577. The molecule has 0 spiro atoms. The first-order valence-electron chi connectivity index (χ1n) is 9.43. The summed E-state index contributed by atoms with van der Waals surface area (Å²) in [7, 11) is 1.54. The quantitative estimate of drug-likeness (QED) is 0.464. The van der Waals surface area contributed by atoms with E-state index in [1.165, 1.54) is 0 Å². The van der Waals surface area contributed by atoms with Crippen LogP contribution in [0.4, 0.5) is 16.2 Å². The van der Waals surface area contributed by atoms with Gasteiger partial charge in [-0.25, -0.2) is 4.79 Å². The predicted molar refractivity (Wildman–Crippen MR) is 115 cm³/mol. The van der Waals surface area contributed by atoms with Crippen molar-refractivity contribution in [3.63, 3.8) is 0 Å². The maximum absolute atomic E-state index is 12.8. The third kappa shape index (κ3) is 3.77. The van der Waals surface area contributed by atoms with E-state index in [-0.39, 0.29) is 12.5 Å². The van der Waals surface area contributed by atoms with Crippen LogP contribution < -0.4 is 15.4 Å². The van der Waals surface area contributed by atoms with E-state index in [1.54, 1.807) is 44.4 Å². The molecule has 0 fully saturated rings. The van der Waals surface area contributed by atoms with Gasteiger partial charge in [0, 0.05) is 28.1 Å². The number of benzene rings is 3. The van der Waals surface area contributed by atoms with Gasteiger partial charge in [-0.2, -0.15) is 0 Å². The van der Waals surface area contributed by atoms with Crippen LogP contribution >= 0.6 is 0 Å². The van der Waals surface area contributed by atoms with E-state index in [0.29, 0.717) is 28.3 Å². The van der Waals surface area contributed by atoms with Gasteiger partial charge in [0.05, 0.1) is 19.4 Å². The molecule has 1 aromatic heterocycles. The van der Waals surface area contributed by atoms with Gasteiger partial charge < -0.3 is 19.2 Å². The van der Waals surface area contributed by atoms with Gasteiger partial charge in [0.2, 0.25) is 0 Å². The molecule has 7 nitrogen and oxygen atoms in total. The molecule has 3 aromatic carbocycles. The highest BCUT2D eigenvalue weighted by molar-refractivity contribution is 6.10. The number of amides is 2. The fourth-order valence-corrected chi connectivity index (χ4v) is 3.24. The van der Waals surface area contributed by atoms with Crippen molar-refractivity contribution in [2.24, 2.45) is 0 Å². The number of hydrogen-bond donors (Lipinski definition) is 2. The monoisotopic (exact) mass is 404 g/mol. The number of methoxy groups -OCH3 is 1. The second kappa shape index (κ2) is 8.16. The molecule has 30 heavy (non-hydrogen) atoms. The fraction of sp³-hybridized carbons (Fsp3) is 0.130. The highest BCUT2D eigenvalue weighted by Crippen LogP contribution is 2.36. The summed E-state index contributed by atoms with van der Waals surface area (Å²) in [4.78, 5) is 24.4. The molecule has 0 aliphatic carbocycles. The van der Waals surface area contributed by atoms with Gasteiger partial charge in [-0.1, -0.05) is 24.3 Å². The van der Waals surface area contributed by atoms with E-state index in [4.69, 9.17) is 13.9 Å². The minimum atomic E-state index is -0.577. The van der Waals surface area contributed by atoms with Gasteiger partial charge in [-0.3, -0.25) is 10.1 Å². The fourth-order valence-electron chi connectivity index (χ4n) is 3.24. The predicted octanol–water partition coefficient (Wildman–Crippen LogP) is 5.42. The number of rotatable bonds is 5. The van der Waals surface area contributed by atoms with Crippen molar-refractivity contribution in [1.29, 1.82) is 0 Å². The highest BCUT2D eigenvalue weighted by atomic mass is 16.5. The number of carbonyl (C=O) groups is 2. The van der Waals surface area contributed by atoms with Crippen molar-refractivity contribution < 1.29 is 23.5 Å². The molecule has 1 heterocycles. The Labute approximate surface area is 172 Å². The summed E-state index contributed by atoms with van der Waals surface area (Å²) in [5, 5.41) is 7.31. The molecule has 0 radical (unpaired) electrons. The summed E-state index contributed by atoms with van der Waals surface area (Å²) < 4.78 is 16.2. The third-order valence-corrected chi connectivity index (χ3v) is 4.59. The molecule has 4 aromatic rings. The lowest BCUT2D eigenvalue weighted by atomic mass is 10.1. The molecule has 0 aliphatic rings. The lowest BCUT2D eigenvalue weighted by Crippen LogP contribution is -2.15. The van der Waals surface area contributed by atoms with Gasteiger partial charge in [-0.05, 0) is 37.3 Å². The molecule has 2 amide bonds. The molecule has 7 heteroatoms. The number of hydrogen-bond acceptors (Lipinski definition) is 5. The van der Waals surface area contributed by atoms with E-state index in [2.05, 4.69) is 10.6 Å². The van der Waals surface area contributed by atoms with Crippen LogP contribution in [0.1, 0.15) is 17.3 Å². The lowest BCUT2D eigenvalue weighted by molar-refractivity contribution is 0.102. The first-order valence-corrected chi connectivity index (χ1v) is 9.43. The minimum Gasteiger partial charge on any atom is -0.495 e. The summed E-state index contributed by atoms with van der Waals surface area (Å²) in [5.41, 5.74) is 2.72. The Morgan fingerprint density at radius 3 is 2.57 bits per heavy atom. The summed E-state index contributed by atoms with van der Waals surface area (Å²) in [6, 6.07) is 17.9. The van der Waals surface area contributed by atoms with Gasteiger partial charge in [0.1, 0.15) is 16.9 Å². The molecule has 0 saturated carbocycles. The SMILES string of the molecule is CCOC(=O)Nc1cccc(C(=O)Nc2cc3oc4ccccc4c3cc2OC)c1. The first-order chi connectivity index (χ1) is 14.6. The topological polar surface area (TPSA) is 89.8 Å². The molecule has 0 aliphatic heterocycles. The molecule has 0 unspecified atom stereocenters. The van der Waals surface area contributed by atoms with Crippen molar-refractivity contribution in [2.75, 3.05) is 24.4 Å². The van der Waals surface area contributed by atoms with Crippen molar-refractivity contribution in [2.45, 2.75) is 6.92 Å². The largest absolute Gasteiger partial charge is 0.495 e. The van der Waals surface area contributed by atoms with Crippen LogP contribution in [0.25, 0.3) is 21.9 Å².